The first-order chi connectivity index (χ1) is 4.24. The Morgan fingerprint density at radius 1 is 1.56 bits per heavy atom. The predicted molar refractivity (Wildman–Crippen MR) is 35.0 cm³/mol. The van der Waals surface area contributed by atoms with Crippen molar-refractivity contribution in [3.63, 3.8) is 0 Å². The molecular weight excluding hydrogens is 112 g/mol. The lowest BCUT2D eigenvalue weighted by atomic mass is 10.3. The quantitative estimate of drug-likeness (QED) is 0.553. The van der Waals surface area contributed by atoms with Crippen molar-refractivity contribution >= 4 is 0 Å². The van der Waals surface area contributed by atoms with Gasteiger partial charge in [0.25, 0.3) is 0 Å². The van der Waals surface area contributed by atoms with Crippen LogP contribution < -0.4 is 0 Å². The van der Waals surface area contributed by atoms with Crippen molar-refractivity contribution < 1.29 is 0 Å². The Kier molecular flexibility index (Phi) is 1.27. The Balaban J connectivity index is 3.20. The van der Waals surface area contributed by atoms with Gasteiger partial charge in [-0.05, 0) is 25.5 Å². The van der Waals surface area contributed by atoms with Crippen molar-refractivity contribution in [1.82, 2.24) is 4.98 Å². The van der Waals surface area contributed by atoms with E-state index in [0.717, 1.165) is 11.3 Å². The molecule has 0 fully saturated rings. The van der Waals surface area contributed by atoms with Gasteiger partial charge in [0.15, 0.2) is 0 Å². The Morgan fingerprint density at radius 3 is 2.44 bits per heavy atom. The molecule has 1 rings (SSSR count). The maximum absolute atomic E-state index is 8.45. The van der Waals surface area contributed by atoms with Crippen molar-refractivity contribution in [3.8, 4) is 6.07 Å². The largest absolute Gasteiger partial charge is 0.350 e. The average molecular weight is 120 g/mol. The zero-order valence-corrected chi connectivity index (χ0v) is 5.52. The Hall–Kier alpha value is -1.23. The Bertz CT molecular complexity index is 252. The zero-order chi connectivity index (χ0) is 6.85. The number of rotatable bonds is 0. The van der Waals surface area contributed by atoms with Gasteiger partial charge in [-0.1, -0.05) is 0 Å². The highest BCUT2D eigenvalue weighted by molar-refractivity contribution is 5.33. The van der Waals surface area contributed by atoms with Gasteiger partial charge in [-0.15, -0.1) is 0 Å². The summed E-state index contributed by atoms with van der Waals surface area (Å²) in [5, 5.41) is 8.45. The molecule has 1 N–H and O–H groups in total. The molecule has 0 spiro atoms. The molecule has 0 saturated carbocycles. The van der Waals surface area contributed by atoms with E-state index in [-0.39, 0.29) is 0 Å². The van der Waals surface area contributed by atoms with E-state index in [1.54, 1.807) is 0 Å². The fourth-order valence-corrected chi connectivity index (χ4v) is 0.845. The third-order valence-corrected chi connectivity index (χ3v) is 1.26. The molecule has 0 aliphatic carbocycles. The van der Waals surface area contributed by atoms with Crippen LogP contribution in [0.25, 0.3) is 0 Å². The van der Waals surface area contributed by atoms with E-state index >= 15 is 0 Å². The maximum atomic E-state index is 8.45. The summed E-state index contributed by atoms with van der Waals surface area (Å²) in [4.78, 5) is 2.93. The van der Waals surface area contributed by atoms with E-state index in [1.165, 1.54) is 0 Å². The van der Waals surface area contributed by atoms with Crippen LogP contribution in [-0.2, 0) is 0 Å². The highest BCUT2D eigenvalue weighted by Crippen LogP contribution is 2.05. The molecule has 0 saturated heterocycles. The highest BCUT2D eigenvalue weighted by atomic mass is 14.7. The second-order valence-corrected chi connectivity index (χ2v) is 2.12. The molecule has 0 unspecified atom stereocenters. The second-order valence-electron chi connectivity index (χ2n) is 2.12. The van der Waals surface area contributed by atoms with Crippen LogP contribution in [0.3, 0.4) is 0 Å². The minimum atomic E-state index is 0.674. The number of nitrogens with zero attached hydrogens (tertiary/aromatic N) is 1. The molecule has 2 nitrogen and oxygen atoms in total. The van der Waals surface area contributed by atoms with E-state index in [9.17, 15) is 0 Å². The van der Waals surface area contributed by atoms with E-state index in [2.05, 4.69) is 11.1 Å². The van der Waals surface area contributed by atoms with Gasteiger partial charge in [0.1, 0.15) is 11.8 Å². The first-order valence-corrected chi connectivity index (χ1v) is 2.80. The number of aryl methyl sites for hydroxylation is 2. The summed E-state index contributed by atoms with van der Waals surface area (Å²) in [6.45, 7) is 3.86. The van der Waals surface area contributed by atoms with Gasteiger partial charge in [-0.25, -0.2) is 0 Å². The first-order valence-electron chi connectivity index (χ1n) is 2.80. The molecule has 0 radical (unpaired) electrons. The molecule has 0 atom stereocenters. The molecule has 0 bridgehead atoms. The molecule has 1 aromatic rings. The lowest BCUT2D eigenvalue weighted by molar-refractivity contribution is 1.22. The van der Waals surface area contributed by atoms with Crippen LogP contribution in [0.4, 0.5) is 0 Å². The lowest BCUT2D eigenvalue weighted by Gasteiger charge is -1.78. The minimum Gasteiger partial charge on any atom is -0.350 e. The van der Waals surface area contributed by atoms with Crippen LogP contribution in [0.5, 0.6) is 0 Å². The molecule has 2 heteroatoms. The van der Waals surface area contributed by atoms with E-state index < -0.39 is 0 Å². The normalized spacial score (nSPS) is 9.00. The zero-order valence-electron chi connectivity index (χ0n) is 5.52. The molecule has 0 aliphatic heterocycles. The third-order valence-electron chi connectivity index (χ3n) is 1.26. The van der Waals surface area contributed by atoms with Crippen molar-refractivity contribution in [2.45, 2.75) is 13.8 Å². The van der Waals surface area contributed by atoms with Crippen LogP contribution in [-0.4, -0.2) is 4.98 Å². The molecule has 0 aromatic carbocycles. The van der Waals surface area contributed by atoms with Gasteiger partial charge in [0, 0.05) is 5.69 Å². The van der Waals surface area contributed by atoms with Crippen LogP contribution in [0.1, 0.15) is 17.0 Å². The molecular formula is C7H8N2. The summed E-state index contributed by atoms with van der Waals surface area (Å²) >= 11 is 0. The Labute approximate surface area is 54.1 Å². The molecule has 0 amide bonds. The molecule has 9 heavy (non-hydrogen) atoms. The summed E-state index contributed by atoms with van der Waals surface area (Å²) in [5.74, 6) is 0. The van der Waals surface area contributed by atoms with Gasteiger partial charge in [-0.3, -0.25) is 0 Å². The van der Waals surface area contributed by atoms with Gasteiger partial charge < -0.3 is 4.98 Å². The SMILES string of the molecule is Cc1cc(C)c(C#N)[nH]1. The van der Waals surface area contributed by atoms with Crippen LogP contribution in [0.15, 0.2) is 6.07 Å². The van der Waals surface area contributed by atoms with Gasteiger partial charge in [0.2, 0.25) is 0 Å². The molecule has 1 aromatic heterocycles. The van der Waals surface area contributed by atoms with Crippen molar-refractivity contribution in [3.05, 3.63) is 23.0 Å². The number of H-pyrrole nitrogens is 1. The fraction of sp³-hybridized carbons (Fsp3) is 0.286. The number of hydrogen-bond donors (Lipinski definition) is 1. The monoisotopic (exact) mass is 120 g/mol. The van der Waals surface area contributed by atoms with Crippen molar-refractivity contribution in [2.24, 2.45) is 0 Å². The summed E-state index contributed by atoms with van der Waals surface area (Å²) in [6, 6.07) is 4.02. The smallest absolute Gasteiger partial charge is 0.120 e. The fourth-order valence-electron chi connectivity index (χ4n) is 0.845. The number of nitriles is 1. The number of hydrogen-bond acceptors (Lipinski definition) is 1. The highest BCUT2D eigenvalue weighted by Gasteiger charge is 1.97. The van der Waals surface area contributed by atoms with Crippen molar-refractivity contribution in [1.29, 1.82) is 5.26 Å². The van der Waals surface area contributed by atoms with Crippen molar-refractivity contribution in [2.75, 3.05) is 0 Å². The second kappa shape index (κ2) is 1.94. The van der Waals surface area contributed by atoms with Crippen LogP contribution in [0, 0.1) is 25.2 Å². The topological polar surface area (TPSA) is 39.6 Å². The van der Waals surface area contributed by atoms with Crippen LogP contribution >= 0.6 is 0 Å². The van der Waals surface area contributed by atoms with Gasteiger partial charge >= 0.3 is 0 Å². The van der Waals surface area contributed by atoms with Gasteiger partial charge in [0.05, 0.1) is 0 Å². The predicted octanol–water partition coefficient (Wildman–Crippen LogP) is 1.50. The molecule has 46 valence electrons. The third kappa shape index (κ3) is 0.945. The number of aromatic nitrogens is 1. The summed E-state index contributed by atoms with van der Waals surface area (Å²) in [7, 11) is 0. The Morgan fingerprint density at radius 2 is 2.22 bits per heavy atom. The van der Waals surface area contributed by atoms with Crippen LogP contribution in [0.2, 0.25) is 0 Å². The minimum absolute atomic E-state index is 0.674. The van der Waals surface area contributed by atoms with Gasteiger partial charge in [-0.2, -0.15) is 5.26 Å². The maximum Gasteiger partial charge on any atom is 0.120 e. The summed E-state index contributed by atoms with van der Waals surface area (Å²) in [5.41, 5.74) is 2.74. The standard InChI is InChI=1S/C7H8N2/c1-5-3-6(2)9-7(5)4-8/h3,9H,1-2H3. The number of aromatic amines is 1. The first kappa shape index (κ1) is 5.90. The van der Waals surface area contributed by atoms with E-state index in [0.29, 0.717) is 5.69 Å². The molecule has 0 aliphatic rings. The van der Waals surface area contributed by atoms with E-state index in [1.807, 2.05) is 19.9 Å². The lowest BCUT2D eigenvalue weighted by Crippen LogP contribution is -1.74. The summed E-state index contributed by atoms with van der Waals surface area (Å²) < 4.78 is 0. The van der Waals surface area contributed by atoms with E-state index in [4.69, 9.17) is 5.26 Å². The summed E-state index contributed by atoms with van der Waals surface area (Å²) in [6.07, 6.45) is 0. The molecule has 1 heterocycles. The number of nitrogens with one attached hydrogen (secondary N) is 1. The average Bonchev–Trinajstić information content (AvgIpc) is 2.10.